The molecule has 0 aliphatic heterocycles. The van der Waals surface area contributed by atoms with E-state index in [-0.39, 0.29) is 11.7 Å². The molecule has 2 rings (SSSR count). The molecule has 3 nitrogen and oxygen atoms in total. The van der Waals surface area contributed by atoms with Gasteiger partial charge in [0.15, 0.2) is 0 Å². The topological polar surface area (TPSA) is 46.0 Å². The molecule has 82 valence electrons. The summed E-state index contributed by atoms with van der Waals surface area (Å²) in [6.45, 7) is 1.69. The Labute approximate surface area is 92.6 Å². The normalized spacial score (nSPS) is 10.4. The molecule has 0 amide bonds. The minimum atomic E-state index is -0.289. The molecule has 0 aliphatic carbocycles. The predicted molar refractivity (Wildman–Crippen MR) is 57.6 cm³/mol. The SMILES string of the molecule is Cc1ncc(Cc2ccccc2F)c(O)n1. The second kappa shape index (κ2) is 4.26. The highest BCUT2D eigenvalue weighted by Crippen LogP contribution is 2.18. The third kappa shape index (κ3) is 2.16. The number of hydrogen-bond donors (Lipinski definition) is 1. The van der Waals surface area contributed by atoms with Gasteiger partial charge in [0.05, 0.1) is 0 Å². The van der Waals surface area contributed by atoms with Crippen LogP contribution in [0.5, 0.6) is 5.88 Å². The Kier molecular flexibility index (Phi) is 2.81. The fraction of sp³-hybridized carbons (Fsp3) is 0.167. The molecular formula is C12H11FN2O. The third-order valence-electron chi connectivity index (χ3n) is 2.30. The number of aryl methyl sites for hydroxylation is 1. The van der Waals surface area contributed by atoms with Crippen LogP contribution in [0.15, 0.2) is 30.5 Å². The van der Waals surface area contributed by atoms with Crippen molar-refractivity contribution in [1.29, 1.82) is 0 Å². The minimum absolute atomic E-state index is 0.0873. The molecule has 0 unspecified atom stereocenters. The first kappa shape index (κ1) is 10.5. The van der Waals surface area contributed by atoms with Gasteiger partial charge in [0, 0.05) is 18.2 Å². The highest BCUT2D eigenvalue weighted by Gasteiger charge is 2.07. The van der Waals surface area contributed by atoms with Crippen LogP contribution in [-0.4, -0.2) is 15.1 Å². The largest absolute Gasteiger partial charge is 0.493 e. The van der Waals surface area contributed by atoms with E-state index < -0.39 is 0 Å². The molecule has 2 aromatic rings. The van der Waals surface area contributed by atoms with Crippen LogP contribution < -0.4 is 0 Å². The highest BCUT2D eigenvalue weighted by molar-refractivity contribution is 5.30. The fourth-order valence-corrected chi connectivity index (χ4v) is 1.45. The van der Waals surface area contributed by atoms with Gasteiger partial charge < -0.3 is 5.11 Å². The van der Waals surface area contributed by atoms with Crippen LogP contribution in [0, 0.1) is 12.7 Å². The van der Waals surface area contributed by atoms with Crippen molar-refractivity contribution >= 4 is 0 Å². The molecule has 0 saturated heterocycles. The fourth-order valence-electron chi connectivity index (χ4n) is 1.45. The summed E-state index contributed by atoms with van der Waals surface area (Å²) in [6.07, 6.45) is 1.81. The van der Waals surface area contributed by atoms with E-state index in [2.05, 4.69) is 9.97 Å². The lowest BCUT2D eigenvalue weighted by Crippen LogP contribution is -1.97. The van der Waals surface area contributed by atoms with Crippen molar-refractivity contribution < 1.29 is 9.50 Å². The van der Waals surface area contributed by atoms with Gasteiger partial charge in [0.2, 0.25) is 5.88 Å². The van der Waals surface area contributed by atoms with Gasteiger partial charge in [-0.1, -0.05) is 18.2 Å². The van der Waals surface area contributed by atoms with Crippen molar-refractivity contribution in [2.24, 2.45) is 0 Å². The number of benzene rings is 1. The summed E-state index contributed by atoms with van der Waals surface area (Å²) in [5.41, 5.74) is 1.04. The summed E-state index contributed by atoms with van der Waals surface area (Å²) in [7, 11) is 0. The molecule has 4 heteroatoms. The maximum absolute atomic E-state index is 13.4. The Morgan fingerprint density at radius 3 is 2.69 bits per heavy atom. The summed E-state index contributed by atoms with van der Waals surface area (Å²) in [4.78, 5) is 7.79. The van der Waals surface area contributed by atoms with Crippen LogP contribution in [-0.2, 0) is 6.42 Å². The summed E-state index contributed by atoms with van der Waals surface area (Å²) in [5, 5.41) is 9.57. The van der Waals surface area contributed by atoms with Crippen LogP contribution in [0.25, 0.3) is 0 Å². The summed E-state index contributed by atoms with van der Waals surface area (Å²) in [5.74, 6) is 0.119. The molecule has 0 saturated carbocycles. The zero-order valence-electron chi connectivity index (χ0n) is 8.81. The molecule has 0 atom stereocenters. The highest BCUT2D eigenvalue weighted by atomic mass is 19.1. The van der Waals surface area contributed by atoms with Crippen LogP contribution in [0.1, 0.15) is 17.0 Å². The molecule has 1 aromatic heterocycles. The van der Waals surface area contributed by atoms with Crippen molar-refractivity contribution in [3.8, 4) is 5.88 Å². The summed E-state index contributed by atoms with van der Waals surface area (Å²) >= 11 is 0. The number of aromatic hydroxyl groups is 1. The standard InChI is InChI=1S/C12H11FN2O/c1-8-14-7-10(12(16)15-8)6-9-4-2-3-5-11(9)13/h2-5,7H,6H2,1H3,(H,14,15,16). The van der Waals surface area contributed by atoms with E-state index in [1.807, 2.05) is 0 Å². The van der Waals surface area contributed by atoms with E-state index in [0.29, 0.717) is 23.4 Å². The van der Waals surface area contributed by atoms with Crippen LogP contribution in [0.3, 0.4) is 0 Å². The van der Waals surface area contributed by atoms with Gasteiger partial charge in [-0.25, -0.2) is 9.37 Å². The second-order valence-electron chi connectivity index (χ2n) is 3.53. The zero-order valence-corrected chi connectivity index (χ0v) is 8.81. The quantitative estimate of drug-likeness (QED) is 0.840. The second-order valence-corrected chi connectivity index (χ2v) is 3.53. The predicted octanol–water partition coefficient (Wildman–Crippen LogP) is 2.22. The van der Waals surface area contributed by atoms with Crippen molar-refractivity contribution in [2.45, 2.75) is 13.3 Å². The molecule has 0 aliphatic rings. The van der Waals surface area contributed by atoms with Crippen molar-refractivity contribution in [1.82, 2.24) is 9.97 Å². The summed E-state index contributed by atoms with van der Waals surface area (Å²) in [6, 6.07) is 6.45. The van der Waals surface area contributed by atoms with E-state index >= 15 is 0 Å². The maximum atomic E-state index is 13.4. The molecule has 0 radical (unpaired) electrons. The molecule has 1 aromatic carbocycles. The van der Waals surface area contributed by atoms with Crippen molar-refractivity contribution in [3.63, 3.8) is 0 Å². The Morgan fingerprint density at radius 2 is 2.00 bits per heavy atom. The van der Waals surface area contributed by atoms with Gasteiger partial charge in [-0.3, -0.25) is 0 Å². The number of hydrogen-bond acceptors (Lipinski definition) is 3. The van der Waals surface area contributed by atoms with Crippen molar-refractivity contribution in [3.05, 3.63) is 53.2 Å². The number of nitrogens with zero attached hydrogens (tertiary/aromatic N) is 2. The zero-order chi connectivity index (χ0) is 11.5. The van der Waals surface area contributed by atoms with Crippen molar-refractivity contribution in [2.75, 3.05) is 0 Å². The van der Waals surface area contributed by atoms with Gasteiger partial charge in [-0.05, 0) is 18.6 Å². The lowest BCUT2D eigenvalue weighted by atomic mass is 10.1. The Hall–Kier alpha value is -1.97. The molecular weight excluding hydrogens is 207 g/mol. The molecule has 0 fully saturated rings. The molecule has 0 spiro atoms. The third-order valence-corrected chi connectivity index (χ3v) is 2.30. The van der Waals surface area contributed by atoms with Crippen LogP contribution >= 0.6 is 0 Å². The first-order chi connectivity index (χ1) is 7.66. The minimum Gasteiger partial charge on any atom is -0.493 e. The van der Waals surface area contributed by atoms with Crippen LogP contribution in [0.4, 0.5) is 4.39 Å². The van der Waals surface area contributed by atoms with E-state index in [1.54, 1.807) is 25.1 Å². The molecule has 1 N–H and O–H groups in total. The lowest BCUT2D eigenvalue weighted by Gasteiger charge is -2.04. The number of aromatic nitrogens is 2. The van der Waals surface area contributed by atoms with E-state index in [4.69, 9.17) is 0 Å². The number of halogens is 1. The van der Waals surface area contributed by atoms with Gasteiger partial charge in [0.25, 0.3) is 0 Å². The van der Waals surface area contributed by atoms with E-state index in [9.17, 15) is 9.50 Å². The molecule has 16 heavy (non-hydrogen) atoms. The van der Waals surface area contributed by atoms with Gasteiger partial charge in [-0.2, -0.15) is 4.98 Å². The van der Waals surface area contributed by atoms with Gasteiger partial charge in [0.1, 0.15) is 11.6 Å². The van der Waals surface area contributed by atoms with E-state index in [0.717, 1.165) is 0 Å². The average molecular weight is 218 g/mol. The Bertz CT molecular complexity index is 514. The first-order valence-corrected chi connectivity index (χ1v) is 4.91. The average Bonchev–Trinajstić information content (AvgIpc) is 2.25. The Balaban J connectivity index is 2.31. The van der Waals surface area contributed by atoms with E-state index in [1.165, 1.54) is 12.3 Å². The van der Waals surface area contributed by atoms with Gasteiger partial charge in [-0.15, -0.1) is 0 Å². The first-order valence-electron chi connectivity index (χ1n) is 4.91. The summed E-state index contributed by atoms with van der Waals surface area (Å²) < 4.78 is 13.4. The van der Waals surface area contributed by atoms with Gasteiger partial charge >= 0.3 is 0 Å². The smallest absolute Gasteiger partial charge is 0.217 e. The van der Waals surface area contributed by atoms with Crippen LogP contribution in [0.2, 0.25) is 0 Å². The molecule has 0 bridgehead atoms. The number of rotatable bonds is 2. The Morgan fingerprint density at radius 1 is 1.25 bits per heavy atom. The maximum Gasteiger partial charge on any atom is 0.217 e. The monoisotopic (exact) mass is 218 g/mol. The lowest BCUT2D eigenvalue weighted by molar-refractivity contribution is 0.443. The molecule has 1 heterocycles.